The summed E-state index contributed by atoms with van der Waals surface area (Å²) in [6.45, 7) is 11.9. The van der Waals surface area contributed by atoms with Crippen LogP contribution in [0.4, 0.5) is 0 Å². The molecule has 1 fully saturated rings. The molecule has 1 aromatic heterocycles. The van der Waals surface area contributed by atoms with Crippen LogP contribution in [0.3, 0.4) is 0 Å². The molecule has 19 heavy (non-hydrogen) atoms. The number of morpholine rings is 1. The van der Waals surface area contributed by atoms with Gasteiger partial charge < -0.3 is 14.5 Å². The molecule has 1 unspecified atom stereocenters. The molecular formula is C15H26N2O2. The first-order chi connectivity index (χ1) is 9.24. The van der Waals surface area contributed by atoms with Crippen molar-refractivity contribution >= 4 is 0 Å². The Kier molecular flexibility index (Phi) is 5.43. The highest BCUT2D eigenvalue weighted by Crippen LogP contribution is 2.20. The van der Waals surface area contributed by atoms with E-state index in [2.05, 4.69) is 37.1 Å². The molecule has 1 N–H and O–H groups in total. The minimum absolute atomic E-state index is 0.542. The van der Waals surface area contributed by atoms with Crippen LogP contribution in [0.25, 0.3) is 0 Å². The Labute approximate surface area is 116 Å². The Morgan fingerprint density at radius 3 is 3.00 bits per heavy atom. The first-order valence-corrected chi connectivity index (χ1v) is 7.35. The summed E-state index contributed by atoms with van der Waals surface area (Å²) in [7, 11) is 0. The van der Waals surface area contributed by atoms with Gasteiger partial charge in [-0.3, -0.25) is 4.90 Å². The zero-order chi connectivity index (χ0) is 13.7. The summed E-state index contributed by atoms with van der Waals surface area (Å²) >= 11 is 0. The first kappa shape index (κ1) is 14.6. The molecule has 1 aliphatic rings. The Morgan fingerprint density at radius 2 is 2.26 bits per heavy atom. The molecule has 0 aromatic carbocycles. The summed E-state index contributed by atoms with van der Waals surface area (Å²) in [6.07, 6.45) is 1.14. The van der Waals surface area contributed by atoms with Gasteiger partial charge in [0.05, 0.1) is 19.8 Å². The molecule has 2 rings (SSSR count). The molecule has 0 amide bonds. The third kappa shape index (κ3) is 3.81. The van der Waals surface area contributed by atoms with Gasteiger partial charge in [0, 0.05) is 24.7 Å². The Bertz CT molecular complexity index is 389. The van der Waals surface area contributed by atoms with E-state index >= 15 is 0 Å². The normalized spacial score (nSPS) is 20.9. The van der Waals surface area contributed by atoms with Gasteiger partial charge in [0.25, 0.3) is 0 Å². The van der Waals surface area contributed by atoms with Crippen molar-refractivity contribution in [2.24, 2.45) is 0 Å². The lowest BCUT2D eigenvalue weighted by atomic mass is 10.1. The van der Waals surface area contributed by atoms with E-state index < -0.39 is 0 Å². The molecule has 4 heteroatoms. The molecule has 1 aromatic rings. The Balaban J connectivity index is 1.99. The molecule has 2 heterocycles. The van der Waals surface area contributed by atoms with Crippen LogP contribution in [-0.2, 0) is 17.8 Å². The fourth-order valence-corrected chi connectivity index (χ4v) is 2.57. The summed E-state index contributed by atoms with van der Waals surface area (Å²) < 4.78 is 11.4. The third-order valence-corrected chi connectivity index (χ3v) is 3.82. The quantitative estimate of drug-likeness (QED) is 0.857. The third-order valence-electron chi connectivity index (χ3n) is 3.82. The van der Waals surface area contributed by atoms with Gasteiger partial charge in [-0.05, 0) is 26.0 Å². The number of rotatable bonds is 6. The highest BCUT2D eigenvalue weighted by molar-refractivity contribution is 5.21. The van der Waals surface area contributed by atoms with Crippen LogP contribution < -0.4 is 5.32 Å². The van der Waals surface area contributed by atoms with Crippen molar-refractivity contribution < 1.29 is 9.15 Å². The summed E-state index contributed by atoms with van der Waals surface area (Å²) in [5.41, 5.74) is 1.31. The summed E-state index contributed by atoms with van der Waals surface area (Å²) in [4.78, 5) is 2.51. The smallest absolute Gasteiger partial charge is 0.118 e. The lowest BCUT2D eigenvalue weighted by molar-refractivity contribution is -0.0129. The van der Waals surface area contributed by atoms with E-state index in [9.17, 15) is 0 Å². The van der Waals surface area contributed by atoms with E-state index in [1.165, 1.54) is 5.56 Å². The molecular weight excluding hydrogens is 240 g/mol. The second kappa shape index (κ2) is 7.08. The minimum atomic E-state index is 0.542. The highest BCUT2D eigenvalue weighted by Gasteiger charge is 2.22. The molecule has 0 spiro atoms. The van der Waals surface area contributed by atoms with Crippen LogP contribution >= 0.6 is 0 Å². The van der Waals surface area contributed by atoms with Gasteiger partial charge in [0.15, 0.2) is 0 Å². The largest absolute Gasteiger partial charge is 0.465 e. The molecule has 1 saturated heterocycles. The van der Waals surface area contributed by atoms with Gasteiger partial charge in [0.1, 0.15) is 11.5 Å². The SMILES string of the molecule is CCNCc1cc(CN2CCOCC2CC)c(C)o1. The number of hydrogen-bond donors (Lipinski definition) is 1. The molecule has 108 valence electrons. The van der Waals surface area contributed by atoms with E-state index in [4.69, 9.17) is 9.15 Å². The van der Waals surface area contributed by atoms with Crippen molar-refractivity contribution in [2.45, 2.75) is 46.3 Å². The van der Waals surface area contributed by atoms with Crippen molar-refractivity contribution in [3.63, 3.8) is 0 Å². The van der Waals surface area contributed by atoms with Crippen LogP contribution in [-0.4, -0.2) is 37.2 Å². The van der Waals surface area contributed by atoms with Crippen LogP contribution in [0, 0.1) is 6.92 Å². The van der Waals surface area contributed by atoms with Crippen LogP contribution in [0.15, 0.2) is 10.5 Å². The van der Waals surface area contributed by atoms with Gasteiger partial charge in [-0.1, -0.05) is 13.8 Å². The number of aryl methyl sites for hydroxylation is 1. The van der Waals surface area contributed by atoms with Crippen molar-refractivity contribution in [3.8, 4) is 0 Å². The molecule has 0 bridgehead atoms. The number of hydrogen-bond acceptors (Lipinski definition) is 4. The van der Waals surface area contributed by atoms with Crippen molar-refractivity contribution in [3.05, 3.63) is 23.2 Å². The molecule has 1 atom stereocenters. The van der Waals surface area contributed by atoms with E-state index in [1.54, 1.807) is 0 Å². The standard InChI is InChI=1S/C15H26N2O2/c1-4-14-11-18-7-6-17(14)10-13-8-15(9-16-5-2)19-12(13)3/h8,14,16H,4-7,9-11H2,1-3H3. The van der Waals surface area contributed by atoms with Crippen LogP contribution in [0.2, 0.25) is 0 Å². The maximum atomic E-state index is 5.81. The predicted octanol–water partition coefficient (Wildman–Crippen LogP) is 2.31. The number of furan rings is 1. The van der Waals surface area contributed by atoms with Crippen molar-refractivity contribution in [2.75, 3.05) is 26.3 Å². The zero-order valence-corrected chi connectivity index (χ0v) is 12.4. The minimum Gasteiger partial charge on any atom is -0.465 e. The Morgan fingerprint density at radius 1 is 1.42 bits per heavy atom. The number of nitrogens with one attached hydrogen (secondary N) is 1. The number of nitrogens with zero attached hydrogens (tertiary/aromatic N) is 1. The van der Waals surface area contributed by atoms with E-state index in [-0.39, 0.29) is 0 Å². The molecule has 0 saturated carbocycles. The summed E-state index contributed by atoms with van der Waals surface area (Å²) in [5, 5.41) is 3.30. The molecule has 1 aliphatic heterocycles. The summed E-state index contributed by atoms with van der Waals surface area (Å²) in [6, 6.07) is 2.74. The summed E-state index contributed by atoms with van der Waals surface area (Å²) in [5.74, 6) is 2.09. The maximum Gasteiger partial charge on any atom is 0.118 e. The van der Waals surface area contributed by atoms with Gasteiger partial charge in [-0.25, -0.2) is 0 Å². The average molecular weight is 266 g/mol. The first-order valence-electron chi connectivity index (χ1n) is 7.35. The fourth-order valence-electron chi connectivity index (χ4n) is 2.57. The molecule has 0 radical (unpaired) electrons. The van der Waals surface area contributed by atoms with Crippen LogP contribution in [0.5, 0.6) is 0 Å². The molecule has 4 nitrogen and oxygen atoms in total. The van der Waals surface area contributed by atoms with E-state index in [0.717, 1.165) is 57.3 Å². The highest BCUT2D eigenvalue weighted by atomic mass is 16.5. The lowest BCUT2D eigenvalue weighted by Crippen LogP contribution is -2.44. The average Bonchev–Trinajstić information content (AvgIpc) is 2.77. The van der Waals surface area contributed by atoms with Crippen molar-refractivity contribution in [1.82, 2.24) is 10.2 Å². The lowest BCUT2D eigenvalue weighted by Gasteiger charge is -2.34. The van der Waals surface area contributed by atoms with Gasteiger partial charge in [-0.15, -0.1) is 0 Å². The van der Waals surface area contributed by atoms with Crippen LogP contribution in [0.1, 0.15) is 37.4 Å². The predicted molar refractivity (Wildman–Crippen MR) is 76.1 cm³/mol. The monoisotopic (exact) mass is 266 g/mol. The van der Waals surface area contributed by atoms with Crippen molar-refractivity contribution in [1.29, 1.82) is 0 Å². The van der Waals surface area contributed by atoms with Gasteiger partial charge in [-0.2, -0.15) is 0 Å². The topological polar surface area (TPSA) is 37.6 Å². The van der Waals surface area contributed by atoms with Gasteiger partial charge in [0.2, 0.25) is 0 Å². The van der Waals surface area contributed by atoms with Gasteiger partial charge >= 0.3 is 0 Å². The van der Waals surface area contributed by atoms with E-state index in [0.29, 0.717) is 6.04 Å². The molecule has 0 aliphatic carbocycles. The van der Waals surface area contributed by atoms with E-state index in [1.807, 2.05) is 0 Å². The maximum absolute atomic E-state index is 5.81. The second-order valence-electron chi connectivity index (χ2n) is 5.18. The second-order valence-corrected chi connectivity index (χ2v) is 5.18. The number of ether oxygens (including phenoxy) is 1. The fraction of sp³-hybridized carbons (Fsp3) is 0.733. The zero-order valence-electron chi connectivity index (χ0n) is 12.4. The Hall–Kier alpha value is -0.840.